The minimum absolute atomic E-state index is 0.0161. The second-order valence-electron chi connectivity index (χ2n) is 4.04. The predicted octanol–water partition coefficient (Wildman–Crippen LogP) is 3.17. The van der Waals surface area contributed by atoms with E-state index in [9.17, 15) is 4.79 Å². The van der Waals surface area contributed by atoms with E-state index in [0.29, 0.717) is 5.69 Å². The van der Waals surface area contributed by atoms with Crippen molar-refractivity contribution in [2.45, 2.75) is 13.3 Å². The number of hydrogen-bond donors (Lipinski definition) is 1. The van der Waals surface area contributed by atoms with Crippen molar-refractivity contribution in [1.82, 2.24) is 0 Å². The van der Waals surface area contributed by atoms with Crippen LogP contribution in [0.4, 0.5) is 11.4 Å². The van der Waals surface area contributed by atoms with Crippen LogP contribution in [0.2, 0.25) is 0 Å². The lowest BCUT2D eigenvalue weighted by Crippen LogP contribution is -2.26. The van der Waals surface area contributed by atoms with E-state index in [1.807, 2.05) is 30.3 Å². The fourth-order valence-electron chi connectivity index (χ4n) is 1.75. The van der Waals surface area contributed by atoms with Crippen molar-refractivity contribution in [3.63, 3.8) is 0 Å². The van der Waals surface area contributed by atoms with Gasteiger partial charge in [-0.2, -0.15) is 0 Å². The van der Waals surface area contributed by atoms with E-state index in [2.05, 4.69) is 6.92 Å². The molecule has 0 aliphatic carbocycles. The third-order valence-corrected chi connectivity index (χ3v) is 4.04. The van der Waals surface area contributed by atoms with Gasteiger partial charge in [-0.1, -0.05) is 19.1 Å². The molecule has 0 bridgehead atoms. The minimum Gasteiger partial charge on any atom is -0.397 e. The van der Waals surface area contributed by atoms with Crippen molar-refractivity contribution >= 4 is 28.6 Å². The molecular formula is C14H16N2OS. The van der Waals surface area contributed by atoms with Gasteiger partial charge in [0.15, 0.2) is 0 Å². The highest BCUT2D eigenvalue weighted by molar-refractivity contribution is 7.14. The van der Waals surface area contributed by atoms with Gasteiger partial charge in [0.25, 0.3) is 5.91 Å². The molecule has 2 aromatic rings. The van der Waals surface area contributed by atoms with Crippen LogP contribution in [0.5, 0.6) is 0 Å². The van der Waals surface area contributed by atoms with E-state index < -0.39 is 0 Å². The quantitative estimate of drug-likeness (QED) is 0.862. The van der Waals surface area contributed by atoms with Crippen LogP contribution < -0.4 is 10.6 Å². The molecule has 0 saturated carbocycles. The van der Waals surface area contributed by atoms with Crippen LogP contribution in [0.3, 0.4) is 0 Å². The molecule has 18 heavy (non-hydrogen) atoms. The molecule has 0 spiro atoms. The summed E-state index contributed by atoms with van der Waals surface area (Å²) in [5, 5.41) is 0. The number of aryl methyl sites for hydroxylation is 1. The number of carbonyl (C=O) groups excluding carboxylic acids is 1. The second kappa shape index (κ2) is 5.23. The second-order valence-corrected chi connectivity index (χ2v) is 5.21. The number of nitrogens with zero attached hydrogens (tertiary/aromatic N) is 1. The number of carbonyl (C=O) groups is 1. The molecule has 0 fully saturated rings. The molecule has 1 amide bonds. The molecule has 0 radical (unpaired) electrons. The Labute approximate surface area is 111 Å². The summed E-state index contributed by atoms with van der Waals surface area (Å²) in [5.74, 6) is -0.0161. The van der Waals surface area contributed by atoms with E-state index in [0.717, 1.165) is 17.0 Å². The Morgan fingerprint density at radius 1 is 1.28 bits per heavy atom. The highest BCUT2D eigenvalue weighted by atomic mass is 32.1. The van der Waals surface area contributed by atoms with Crippen LogP contribution in [-0.2, 0) is 6.42 Å². The van der Waals surface area contributed by atoms with E-state index in [-0.39, 0.29) is 5.91 Å². The Morgan fingerprint density at radius 3 is 2.61 bits per heavy atom. The lowest BCUT2D eigenvalue weighted by atomic mass is 10.2. The third-order valence-electron chi connectivity index (χ3n) is 2.82. The summed E-state index contributed by atoms with van der Waals surface area (Å²) in [5.41, 5.74) is 7.23. The molecule has 0 aliphatic heterocycles. The molecule has 1 aromatic heterocycles. The molecule has 0 saturated heterocycles. The Hall–Kier alpha value is -1.81. The summed E-state index contributed by atoms with van der Waals surface area (Å²) >= 11 is 1.54. The molecule has 0 atom stereocenters. The van der Waals surface area contributed by atoms with Gasteiger partial charge in [0.2, 0.25) is 0 Å². The maximum absolute atomic E-state index is 12.3. The summed E-state index contributed by atoms with van der Waals surface area (Å²) < 4.78 is 0. The molecule has 2 rings (SSSR count). The molecule has 0 aliphatic rings. The molecule has 0 unspecified atom stereocenters. The Kier molecular flexibility index (Phi) is 3.67. The predicted molar refractivity (Wildman–Crippen MR) is 77.3 cm³/mol. The maximum atomic E-state index is 12.3. The number of para-hydroxylation sites is 2. The summed E-state index contributed by atoms with van der Waals surface area (Å²) in [6.07, 6.45) is 0.954. The molecule has 1 heterocycles. The number of amides is 1. The monoisotopic (exact) mass is 260 g/mol. The normalized spacial score (nSPS) is 10.3. The largest absolute Gasteiger partial charge is 0.397 e. The van der Waals surface area contributed by atoms with Gasteiger partial charge in [-0.05, 0) is 30.7 Å². The minimum atomic E-state index is -0.0161. The van der Waals surface area contributed by atoms with Crippen LogP contribution >= 0.6 is 11.3 Å². The van der Waals surface area contributed by atoms with Gasteiger partial charge in [-0.25, -0.2) is 0 Å². The first-order valence-electron chi connectivity index (χ1n) is 5.84. The lowest BCUT2D eigenvalue weighted by molar-refractivity contribution is 0.0997. The maximum Gasteiger partial charge on any atom is 0.268 e. The first kappa shape index (κ1) is 12.6. The van der Waals surface area contributed by atoms with Crippen LogP contribution in [0.25, 0.3) is 0 Å². The highest BCUT2D eigenvalue weighted by Gasteiger charge is 2.16. The fraction of sp³-hybridized carbons (Fsp3) is 0.214. The van der Waals surface area contributed by atoms with Crippen LogP contribution in [0, 0.1) is 0 Å². The smallest absolute Gasteiger partial charge is 0.268 e. The number of rotatable bonds is 3. The molecule has 4 heteroatoms. The van der Waals surface area contributed by atoms with Crippen LogP contribution in [-0.4, -0.2) is 13.0 Å². The molecule has 1 aromatic carbocycles. The fourth-order valence-corrected chi connectivity index (χ4v) is 2.67. The van der Waals surface area contributed by atoms with Crippen molar-refractivity contribution < 1.29 is 4.79 Å². The summed E-state index contributed by atoms with van der Waals surface area (Å²) in [7, 11) is 1.75. The van der Waals surface area contributed by atoms with Crippen molar-refractivity contribution in [3.8, 4) is 0 Å². The van der Waals surface area contributed by atoms with Gasteiger partial charge < -0.3 is 10.6 Å². The summed E-state index contributed by atoms with van der Waals surface area (Å²) in [4.78, 5) is 15.9. The Balaban J connectivity index is 2.26. The average molecular weight is 260 g/mol. The van der Waals surface area contributed by atoms with Crippen molar-refractivity contribution in [1.29, 1.82) is 0 Å². The van der Waals surface area contributed by atoms with Gasteiger partial charge in [0.05, 0.1) is 16.3 Å². The topological polar surface area (TPSA) is 46.3 Å². The van der Waals surface area contributed by atoms with Crippen molar-refractivity contribution in [3.05, 3.63) is 46.2 Å². The number of thiophene rings is 1. The highest BCUT2D eigenvalue weighted by Crippen LogP contribution is 2.25. The van der Waals surface area contributed by atoms with Gasteiger partial charge in [0, 0.05) is 11.9 Å². The van der Waals surface area contributed by atoms with Crippen LogP contribution in [0.15, 0.2) is 36.4 Å². The molecule has 2 N–H and O–H groups in total. The zero-order valence-electron chi connectivity index (χ0n) is 10.5. The number of benzene rings is 1. The lowest BCUT2D eigenvalue weighted by Gasteiger charge is -2.18. The molecule has 94 valence electrons. The number of nitrogen functional groups attached to an aromatic ring is 1. The van der Waals surface area contributed by atoms with E-state index >= 15 is 0 Å². The Bertz CT molecular complexity index is 562. The van der Waals surface area contributed by atoms with Crippen LogP contribution in [0.1, 0.15) is 21.5 Å². The number of nitrogens with two attached hydrogens (primary N) is 1. The summed E-state index contributed by atoms with van der Waals surface area (Å²) in [6.45, 7) is 2.08. The van der Waals surface area contributed by atoms with E-state index in [1.54, 1.807) is 18.0 Å². The number of anilines is 2. The average Bonchev–Trinajstić information content (AvgIpc) is 2.86. The van der Waals surface area contributed by atoms with Gasteiger partial charge in [-0.15, -0.1) is 11.3 Å². The standard InChI is InChI=1S/C14H16N2OS/c1-3-10-8-9-13(18-10)14(17)16(2)12-7-5-4-6-11(12)15/h4-9H,3,15H2,1-2H3. The SMILES string of the molecule is CCc1ccc(C(=O)N(C)c2ccccc2N)s1. The van der Waals surface area contributed by atoms with Gasteiger partial charge >= 0.3 is 0 Å². The summed E-state index contributed by atoms with van der Waals surface area (Å²) in [6, 6.07) is 11.3. The van der Waals surface area contributed by atoms with Crippen molar-refractivity contribution in [2.75, 3.05) is 17.7 Å². The van der Waals surface area contributed by atoms with Gasteiger partial charge in [0.1, 0.15) is 0 Å². The van der Waals surface area contributed by atoms with Gasteiger partial charge in [-0.3, -0.25) is 4.79 Å². The zero-order chi connectivity index (χ0) is 13.1. The number of hydrogen-bond acceptors (Lipinski definition) is 3. The van der Waals surface area contributed by atoms with Crippen molar-refractivity contribution in [2.24, 2.45) is 0 Å². The van der Waals surface area contributed by atoms with E-state index in [1.165, 1.54) is 16.2 Å². The Morgan fingerprint density at radius 2 is 2.00 bits per heavy atom. The molecular weight excluding hydrogens is 244 g/mol. The zero-order valence-corrected chi connectivity index (χ0v) is 11.3. The molecule has 3 nitrogen and oxygen atoms in total. The first-order chi connectivity index (χ1) is 8.63. The third kappa shape index (κ3) is 2.38. The first-order valence-corrected chi connectivity index (χ1v) is 6.66. The van der Waals surface area contributed by atoms with E-state index in [4.69, 9.17) is 5.73 Å².